The van der Waals surface area contributed by atoms with Crippen LogP contribution in [0.25, 0.3) is 0 Å². The highest BCUT2D eigenvalue weighted by Gasteiger charge is 2.14. The number of carbonyl (C=O) groups excluding carboxylic acids is 1. The molecule has 1 aromatic carbocycles. The summed E-state index contributed by atoms with van der Waals surface area (Å²) in [6.45, 7) is 2.17. The zero-order valence-corrected chi connectivity index (χ0v) is 12.2. The lowest BCUT2D eigenvalue weighted by Crippen LogP contribution is -2.39. The maximum Gasteiger partial charge on any atom is 0.253 e. The first kappa shape index (κ1) is 14.6. The highest BCUT2D eigenvalue weighted by molar-refractivity contribution is 9.10. The molecule has 1 aromatic rings. The molecule has 0 saturated heterocycles. The van der Waals surface area contributed by atoms with Crippen LogP contribution in [0, 0.1) is 0 Å². The molecule has 1 rings (SSSR count). The van der Waals surface area contributed by atoms with E-state index in [1.165, 1.54) is 0 Å². The fourth-order valence-corrected chi connectivity index (χ4v) is 1.49. The van der Waals surface area contributed by atoms with E-state index in [-0.39, 0.29) is 6.04 Å². The van der Waals surface area contributed by atoms with E-state index >= 15 is 0 Å². The number of nitrogens with one attached hydrogen (secondary N) is 1. The minimum absolute atomic E-state index is 0.161. The van der Waals surface area contributed by atoms with Gasteiger partial charge in [0.15, 0.2) is 4.84 Å². The number of benzene rings is 1. The van der Waals surface area contributed by atoms with Gasteiger partial charge in [-0.1, -0.05) is 39.1 Å². The fourth-order valence-electron chi connectivity index (χ4n) is 1.10. The first-order valence-electron chi connectivity index (χ1n) is 4.96. The third-order valence-electron chi connectivity index (χ3n) is 1.90. The quantitative estimate of drug-likeness (QED) is 0.836. The molecule has 0 unspecified atom stereocenters. The van der Waals surface area contributed by atoms with E-state index in [0.29, 0.717) is 6.61 Å². The summed E-state index contributed by atoms with van der Waals surface area (Å²) in [6, 6.07) is 7.28. The third kappa shape index (κ3) is 5.61. The molecule has 17 heavy (non-hydrogen) atoms. The van der Waals surface area contributed by atoms with Gasteiger partial charge in [-0.25, -0.2) is 0 Å². The smallest absolute Gasteiger partial charge is 0.253 e. The van der Waals surface area contributed by atoms with Crippen molar-refractivity contribution in [3.8, 4) is 5.75 Å². The van der Waals surface area contributed by atoms with Crippen LogP contribution in [0.2, 0.25) is 0 Å². The predicted molar refractivity (Wildman–Crippen MR) is 72.7 cm³/mol. The van der Waals surface area contributed by atoms with E-state index in [0.717, 1.165) is 10.2 Å². The Morgan fingerprint density at radius 1 is 1.41 bits per heavy atom. The molecule has 0 fully saturated rings. The molecule has 0 aliphatic heterocycles. The van der Waals surface area contributed by atoms with Crippen molar-refractivity contribution < 1.29 is 9.53 Å². The summed E-state index contributed by atoms with van der Waals surface area (Å²) in [5.74, 6) is 0.322. The Kier molecular flexibility index (Phi) is 6.09. The van der Waals surface area contributed by atoms with Gasteiger partial charge in [0.25, 0.3) is 5.91 Å². The standard InChI is InChI=1S/C11H12BrCl2NO2/c1-7(15-11(16)10(13)14)6-17-9-4-2-8(12)3-5-9/h2-5,7,10H,6H2,1H3,(H,15,16)/t7-/m1/s1. The zero-order valence-electron chi connectivity index (χ0n) is 9.12. The van der Waals surface area contributed by atoms with Gasteiger partial charge in [0, 0.05) is 4.47 Å². The highest BCUT2D eigenvalue weighted by atomic mass is 79.9. The van der Waals surface area contributed by atoms with Crippen molar-refractivity contribution in [3.63, 3.8) is 0 Å². The molecule has 0 aliphatic carbocycles. The molecular formula is C11H12BrCl2NO2. The van der Waals surface area contributed by atoms with Crippen molar-refractivity contribution in [2.75, 3.05) is 6.61 Å². The van der Waals surface area contributed by atoms with Crippen LogP contribution in [0.5, 0.6) is 5.75 Å². The van der Waals surface area contributed by atoms with Crippen molar-refractivity contribution in [3.05, 3.63) is 28.7 Å². The van der Waals surface area contributed by atoms with Gasteiger partial charge < -0.3 is 10.1 Å². The van der Waals surface area contributed by atoms with Gasteiger partial charge in [-0.3, -0.25) is 4.79 Å². The molecule has 0 saturated carbocycles. The number of rotatable bonds is 5. The van der Waals surface area contributed by atoms with Crippen molar-refractivity contribution in [1.82, 2.24) is 5.32 Å². The average molecular weight is 341 g/mol. The van der Waals surface area contributed by atoms with Gasteiger partial charge in [-0.2, -0.15) is 0 Å². The van der Waals surface area contributed by atoms with Gasteiger partial charge in [0.05, 0.1) is 6.04 Å². The molecule has 1 atom stereocenters. The van der Waals surface area contributed by atoms with Crippen LogP contribution in [-0.2, 0) is 4.79 Å². The lowest BCUT2D eigenvalue weighted by atomic mass is 10.3. The summed E-state index contributed by atoms with van der Waals surface area (Å²) in [5, 5.41) is 2.62. The van der Waals surface area contributed by atoms with Crippen LogP contribution in [0.3, 0.4) is 0 Å². The molecule has 0 radical (unpaired) electrons. The SMILES string of the molecule is C[C@H](COc1ccc(Br)cc1)NC(=O)C(Cl)Cl. The second-order valence-corrected chi connectivity index (χ2v) is 5.49. The van der Waals surface area contributed by atoms with E-state index in [4.69, 9.17) is 27.9 Å². The van der Waals surface area contributed by atoms with Gasteiger partial charge >= 0.3 is 0 Å². The normalized spacial score (nSPS) is 12.3. The summed E-state index contributed by atoms with van der Waals surface area (Å²) in [4.78, 5) is 10.1. The molecule has 0 aliphatic rings. The van der Waals surface area contributed by atoms with Crippen LogP contribution in [0.1, 0.15) is 6.92 Å². The second-order valence-electron chi connectivity index (χ2n) is 3.48. The Morgan fingerprint density at radius 2 is 2.00 bits per heavy atom. The topological polar surface area (TPSA) is 38.3 Å². The number of carbonyl (C=O) groups is 1. The maximum atomic E-state index is 11.2. The summed E-state index contributed by atoms with van der Waals surface area (Å²) < 4.78 is 6.47. The van der Waals surface area contributed by atoms with Crippen LogP contribution in [-0.4, -0.2) is 23.4 Å². The van der Waals surface area contributed by atoms with Crippen molar-refractivity contribution >= 4 is 45.0 Å². The van der Waals surface area contributed by atoms with Crippen LogP contribution in [0.4, 0.5) is 0 Å². The van der Waals surface area contributed by atoms with Gasteiger partial charge in [-0.15, -0.1) is 0 Å². The van der Waals surface area contributed by atoms with Gasteiger partial charge in [0.2, 0.25) is 0 Å². The summed E-state index contributed by atoms with van der Waals surface area (Å²) in [6.07, 6.45) is 0. The molecular weight excluding hydrogens is 329 g/mol. The number of alkyl halides is 2. The summed E-state index contributed by atoms with van der Waals surface area (Å²) in [5.41, 5.74) is 0. The maximum absolute atomic E-state index is 11.2. The number of halogens is 3. The van der Waals surface area contributed by atoms with Crippen LogP contribution < -0.4 is 10.1 Å². The second kappa shape index (κ2) is 7.09. The molecule has 94 valence electrons. The first-order valence-corrected chi connectivity index (χ1v) is 6.62. The Balaban J connectivity index is 2.35. The number of hydrogen-bond acceptors (Lipinski definition) is 2. The number of ether oxygens (including phenoxy) is 1. The molecule has 6 heteroatoms. The highest BCUT2D eigenvalue weighted by Crippen LogP contribution is 2.16. The summed E-state index contributed by atoms with van der Waals surface area (Å²) in [7, 11) is 0. The Bertz CT molecular complexity index is 370. The monoisotopic (exact) mass is 339 g/mol. The van der Waals surface area contributed by atoms with Gasteiger partial charge in [-0.05, 0) is 31.2 Å². The molecule has 0 bridgehead atoms. The minimum Gasteiger partial charge on any atom is -0.491 e. The van der Waals surface area contributed by atoms with Gasteiger partial charge in [0.1, 0.15) is 12.4 Å². The lowest BCUT2D eigenvalue weighted by molar-refractivity contribution is -0.120. The average Bonchev–Trinajstić information content (AvgIpc) is 2.28. The molecule has 0 spiro atoms. The Labute approximate surface area is 119 Å². The lowest BCUT2D eigenvalue weighted by Gasteiger charge is -2.15. The Hall–Kier alpha value is -0.450. The zero-order chi connectivity index (χ0) is 12.8. The third-order valence-corrected chi connectivity index (χ3v) is 2.83. The minimum atomic E-state index is -1.05. The van der Waals surface area contributed by atoms with E-state index in [9.17, 15) is 4.79 Å². The van der Waals surface area contributed by atoms with E-state index in [2.05, 4.69) is 21.2 Å². The van der Waals surface area contributed by atoms with E-state index in [1.54, 1.807) is 0 Å². The fraction of sp³-hybridized carbons (Fsp3) is 0.364. The molecule has 3 nitrogen and oxygen atoms in total. The molecule has 1 amide bonds. The predicted octanol–water partition coefficient (Wildman–Crippen LogP) is 3.14. The first-order chi connectivity index (χ1) is 7.99. The summed E-state index contributed by atoms with van der Waals surface area (Å²) >= 11 is 14.2. The molecule has 0 aromatic heterocycles. The van der Waals surface area contributed by atoms with Crippen molar-refractivity contribution in [2.24, 2.45) is 0 Å². The Morgan fingerprint density at radius 3 is 2.53 bits per heavy atom. The largest absolute Gasteiger partial charge is 0.491 e. The number of hydrogen-bond donors (Lipinski definition) is 1. The molecule has 0 heterocycles. The van der Waals surface area contributed by atoms with Crippen molar-refractivity contribution in [1.29, 1.82) is 0 Å². The van der Waals surface area contributed by atoms with Crippen LogP contribution in [0.15, 0.2) is 28.7 Å². The van der Waals surface area contributed by atoms with Crippen molar-refractivity contribution in [2.45, 2.75) is 17.8 Å². The van der Waals surface area contributed by atoms with Crippen LogP contribution >= 0.6 is 39.1 Å². The number of amides is 1. The molecule has 1 N–H and O–H groups in total. The van der Waals surface area contributed by atoms with E-state index < -0.39 is 10.7 Å². The van der Waals surface area contributed by atoms with E-state index in [1.807, 2.05) is 31.2 Å².